The van der Waals surface area contributed by atoms with Crippen LogP contribution in [-0.4, -0.2) is 19.3 Å². The Balaban J connectivity index is 1.95. The fourth-order valence-electron chi connectivity index (χ4n) is 3.56. The van der Waals surface area contributed by atoms with Crippen LogP contribution in [0, 0.1) is 6.92 Å². The summed E-state index contributed by atoms with van der Waals surface area (Å²) < 4.78 is 28.1. The van der Waals surface area contributed by atoms with Gasteiger partial charge in [0.1, 0.15) is 0 Å². The van der Waals surface area contributed by atoms with Crippen LogP contribution >= 0.6 is 0 Å². The first-order valence-electron chi connectivity index (χ1n) is 8.89. The first kappa shape index (κ1) is 18.2. The summed E-state index contributed by atoms with van der Waals surface area (Å²) in [6, 6.07) is 15.4. The highest BCUT2D eigenvalue weighted by Crippen LogP contribution is 2.38. The third-order valence-corrected chi connectivity index (χ3v) is 7.00. The molecule has 134 valence electrons. The zero-order chi connectivity index (χ0) is 18.2. The van der Waals surface area contributed by atoms with Crippen molar-refractivity contribution in [3.8, 4) is 0 Å². The van der Waals surface area contributed by atoms with E-state index in [4.69, 9.17) is 0 Å². The Labute approximate surface area is 151 Å². The molecule has 3 rings (SSSR count). The lowest BCUT2D eigenvalue weighted by atomic mass is 9.87. The minimum atomic E-state index is -3.48. The summed E-state index contributed by atoms with van der Waals surface area (Å²) >= 11 is 0. The van der Waals surface area contributed by atoms with E-state index in [1.165, 1.54) is 0 Å². The molecule has 1 atom stereocenters. The summed E-state index contributed by atoms with van der Waals surface area (Å²) in [6.07, 6.45) is 1.78. The van der Waals surface area contributed by atoms with Crippen LogP contribution in [0.1, 0.15) is 56.3 Å². The summed E-state index contributed by atoms with van der Waals surface area (Å²) in [6.45, 7) is 9.03. The molecule has 25 heavy (non-hydrogen) atoms. The first-order chi connectivity index (χ1) is 11.7. The molecule has 0 bridgehead atoms. The predicted molar refractivity (Wildman–Crippen MR) is 102 cm³/mol. The molecule has 1 heterocycles. The number of hydrogen-bond acceptors (Lipinski definition) is 2. The van der Waals surface area contributed by atoms with Crippen molar-refractivity contribution in [3.05, 3.63) is 65.2 Å². The highest BCUT2D eigenvalue weighted by atomic mass is 32.2. The van der Waals surface area contributed by atoms with Gasteiger partial charge in [0.25, 0.3) is 0 Å². The molecule has 2 aromatic carbocycles. The van der Waals surface area contributed by atoms with Crippen molar-refractivity contribution in [3.63, 3.8) is 0 Å². The molecule has 0 aliphatic carbocycles. The van der Waals surface area contributed by atoms with E-state index in [2.05, 4.69) is 39.8 Å². The van der Waals surface area contributed by atoms with Crippen LogP contribution in [-0.2, 0) is 15.4 Å². The lowest BCUT2D eigenvalue weighted by Crippen LogP contribution is -2.31. The van der Waals surface area contributed by atoms with Gasteiger partial charge in [0.05, 0.1) is 10.9 Å². The van der Waals surface area contributed by atoms with Gasteiger partial charge < -0.3 is 0 Å². The minimum absolute atomic E-state index is 0.0135. The van der Waals surface area contributed by atoms with Crippen molar-refractivity contribution in [2.75, 3.05) is 6.54 Å². The molecule has 0 saturated carbocycles. The lowest BCUT2D eigenvalue weighted by Gasteiger charge is -2.26. The van der Waals surface area contributed by atoms with Gasteiger partial charge in [-0.2, -0.15) is 4.31 Å². The zero-order valence-corrected chi connectivity index (χ0v) is 16.3. The quantitative estimate of drug-likeness (QED) is 0.790. The molecule has 0 amide bonds. The molecule has 0 spiro atoms. The molecule has 1 fully saturated rings. The van der Waals surface area contributed by atoms with Gasteiger partial charge in [-0.15, -0.1) is 0 Å². The predicted octanol–water partition coefficient (Wildman–Crippen LogP) is 4.82. The number of benzene rings is 2. The van der Waals surface area contributed by atoms with E-state index in [1.807, 2.05) is 24.3 Å². The maximum Gasteiger partial charge on any atom is 0.243 e. The summed E-state index contributed by atoms with van der Waals surface area (Å²) in [5.41, 5.74) is 3.43. The third-order valence-electron chi connectivity index (χ3n) is 5.08. The average Bonchev–Trinajstić information content (AvgIpc) is 3.05. The van der Waals surface area contributed by atoms with E-state index in [1.54, 1.807) is 16.4 Å². The van der Waals surface area contributed by atoms with E-state index < -0.39 is 10.0 Å². The topological polar surface area (TPSA) is 37.4 Å². The van der Waals surface area contributed by atoms with Crippen LogP contribution in [0.5, 0.6) is 0 Å². The van der Waals surface area contributed by atoms with Crippen molar-refractivity contribution in [1.29, 1.82) is 0 Å². The van der Waals surface area contributed by atoms with Crippen molar-refractivity contribution in [1.82, 2.24) is 4.31 Å². The van der Waals surface area contributed by atoms with Crippen molar-refractivity contribution in [2.24, 2.45) is 0 Å². The van der Waals surface area contributed by atoms with E-state index in [0.717, 1.165) is 29.5 Å². The Bertz CT molecular complexity index is 848. The van der Waals surface area contributed by atoms with Crippen LogP contribution in [0.4, 0.5) is 0 Å². The molecule has 0 aromatic heterocycles. The number of aryl methyl sites for hydroxylation is 1. The second kappa shape index (κ2) is 6.58. The number of sulfonamides is 1. The Morgan fingerprint density at radius 2 is 1.64 bits per heavy atom. The fraction of sp³-hybridized carbons (Fsp3) is 0.429. The Morgan fingerprint density at radius 3 is 2.24 bits per heavy atom. The highest BCUT2D eigenvalue weighted by Gasteiger charge is 2.36. The van der Waals surface area contributed by atoms with Gasteiger partial charge >= 0.3 is 0 Å². The molecule has 0 radical (unpaired) electrons. The van der Waals surface area contributed by atoms with E-state index in [-0.39, 0.29) is 11.5 Å². The number of nitrogens with zero attached hydrogens (tertiary/aromatic N) is 1. The van der Waals surface area contributed by atoms with Crippen LogP contribution in [0.15, 0.2) is 53.4 Å². The molecule has 1 aliphatic heterocycles. The summed E-state index contributed by atoms with van der Waals surface area (Å²) in [4.78, 5) is 0.390. The normalized spacial score (nSPS) is 19.3. The first-order valence-corrected chi connectivity index (χ1v) is 10.3. The van der Waals surface area contributed by atoms with Gasteiger partial charge in [-0.1, -0.05) is 57.2 Å². The Morgan fingerprint density at radius 1 is 1.00 bits per heavy atom. The molecule has 4 heteroatoms. The fourth-order valence-corrected chi connectivity index (χ4v) is 5.24. The van der Waals surface area contributed by atoms with Gasteiger partial charge in [-0.25, -0.2) is 8.42 Å². The van der Waals surface area contributed by atoms with Crippen molar-refractivity contribution in [2.45, 2.75) is 56.9 Å². The maximum atomic E-state index is 13.2. The second-order valence-electron chi connectivity index (χ2n) is 7.90. The SMILES string of the molecule is Cc1ccccc1C1CCCN1S(=O)(=O)c1ccc(C(C)(C)C)cc1. The van der Waals surface area contributed by atoms with Gasteiger partial charge in [-0.3, -0.25) is 0 Å². The molecule has 0 N–H and O–H groups in total. The monoisotopic (exact) mass is 357 g/mol. The Hall–Kier alpha value is -1.65. The third kappa shape index (κ3) is 3.51. The van der Waals surface area contributed by atoms with Crippen LogP contribution < -0.4 is 0 Å². The van der Waals surface area contributed by atoms with Crippen LogP contribution in [0.2, 0.25) is 0 Å². The summed E-state index contributed by atoms with van der Waals surface area (Å²) in [5, 5.41) is 0. The molecule has 1 unspecified atom stereocenters. The van der Waals surface area contributed by atoms with Gasteiger partial charge in [0, 0.05) is 6.54 Å². The van der Waals surface area contributed by atoms with Crippen molar-refractivity contribution < 1.29 is 8.42 Å². The van der Waals surface area contributed by atoms with E-state index >= 15 is 0 Å². The van der Waals surface area contributed by atoms with Crippen LogP contribution in [0.3, 0.4) is 0 Å². The summed E-state index contributed by atoms with van der Waals surface area (Å²) in [7, 11) is -3.48. The molecule has 1 saturated heterocycles. The van der Waals surface area contributed by atoms with Gasteiger partial charge in [0.15, 0.2) is 0 Å². The average molecular weight is 358 g/mol. The molecular weight excluding hydrogens is 330 g/mol. The lowest BCUT2D eigenvalue weighted by molar-refractivity contribution is 0.395. The van der Waals surface area contributed by atoms with Gasteiger partial charge in [0.2, 0.25) is 10.0 Å². The molecule has 3 nitrogen and oxygen atoms in total. The maximum absolute atomic E-state index is 13.2. The standard InChI is InChI=1S/C21H27NO2S/c1-16-8-5-6-9-19(16)20-10-7-15-22(20)25(23,24)18-13-11-17(12-14-18)21(2,3)4/h5-6,8-9,11-14,20H,7,10,15H2,1-4H3. The Kier molecular flexibility index (Phi) is 4.78. The minimum Gasteiger partial charge on any atom is -0.207 e. The van der Waals surface area contributed by atoms with Gasteiger partial charge in [-0.05, 0) is 54.0 Å². The van der Waals surface area contributed by atoms with Crippen LogP contribution in [0.25, 0.3) is 0 Å². The zero-order valence-electron chi connectivity index (χ0n) is 15.5. The highest BCUT2D eigenvalue weighted by molar-refractivity contribution is 7.89. The molecule has 2 aromatic rings. The van der Waals surface area contributed by atoms with E-state index in [9.17, 15) is 8.42 Å². The summed E-state index contributed by atoms with van der Waals surface area (Å²) in [5.74, 6) is 0. The second-order valence-corrected chi connectivity index (χ2v) is 9.80. The largest absolute Gasteiger partial charge is 0.243 e. The number of hydrogen-bond donors (Lipinski definition) is 0. The number of rotatable bonds is 3. The van der Waals surface area contributed by atoms with Crippen molar-refractivity contribution >= 4 is 10.0 Å². The smallest absolute Gasteiger partial charge is 0.207 e. The molecular formula is C21H27NO2S. The molecule has 1 aliphatic rings. The van der Waals surface area contributed by atoms with E-state index in [0.29, 0.717) is 11.4 Å².